The number of pyridine rings is 1. The zero-order chi connectivity index (χ0) is 22.1. The second-order valence-electron chi connectivity index (χ2n) is 9.46. The normalized spacial score (nSPS) is 17.8. The van der Waals surface area contributed by atoms with Crippen molar-refractivity contribution < 1.29 is 4.79 Å². The molecule has 4 aromatic rings. The van der Waals surface area contributed by atoms with Crippen LogP contribution in [0.15, 0.2) is 67.3 Å². The van der Waals surface area contributed by atoms with Gasteiger partial charge in [0.15, 0.2) is 0 Å². The number of aromatic amines is 1. The lowest BCUT2D eigenvalue weighted by molar-refractivity contribution is -0.134. The highest BCUT2D eigenvalue weighted by atomic mass is 16.2. The van der Waals surface area contributed by atoms with Gasteiger partial charge in [0.25, 0.3) is 0 Å². The van der Waals surface area contributed by atoms with E-state index in [9.17, 15) is 4.79 Å². The highest BCUT2D eigenvalue weighted by Crippen LogP contribution is 2.35. The molecule has 0 bridgehead atoms. The third kappa shape index (κ3) is 4.05. The van der Waals surface area contributed by atoms with E-state index in [1.807, 2.05) is 30.6 Å². The molecular formula is C26H29N5O. The summed E-state index contributed by atoms with van der Waals surface area (Å²) in [5, 5.41) is 8.03. The van der Waals surface area contributed by atoms with Crippen molar-refractivity contribution in [3.8, 4) is 11.3 Å². The van der Waals surface area contributed by atoms with Gasteiger partial charge < -0.3 is 9.47 Å². The van der Waals surface area contributed by atoms with Gasteiger partial charge in [0, 0.05) is 48.4 Å². The third-order valence-electron chi connectivity index (χ3n) is 6.64. The van der Waals surface area contributed by atoms with Gasteiger partial charge in [-0.2, -0.15) is 5.10 Å². The average molecular weight is 428 g/mol. The van der Waals surface area contributed by atoms with Gasteiger partial charge in [0.1, 0.15) is 0 Å². The van der Waals surface area contributed by atoms with Crippen molar-refractivity contribution in [3.05, 3.63) is 72.8 Å². The minimum atomic E-state index is -0.117. The molecule has 1 saturated heterocycles. The second-order valence-corrected chi connectivity index (χ2v) is 9.46. The van der Waals surface area contributed by atoms with E-state index in [-0.39, 0.29) is 11.4 Å². The van der Waals surface area contributed by atoms with Crippen LogP contribution in [0.4, 0.5) is 0 Å². The molecular weight excluding hydrogens is 398 g/mol. The largest absolute Gasteiger partial charge is 0.346 e. The van der Waals surface area contributed by atoms with E-state index in [1.165, 1.54) is 10.9 Å². The first-order valence-corrected chi connectivity index (χ1v) is 11.3. The predicted molar refractivity (Wildman–Crippen MR) is 126 cm³/mol. The number of hydrogen-bond donors (Lipinski definition) is 1. The maximum Gasteiger partial charge on any atom is 0.223 e. The monoisotopic (exact) mass is 427 g/mol. The molecule has 0 saturated carbocycles. The van der Waals surface area contributed by atoms with Crippen molar-refractivity contribution in [1.29, 1.82) is 0 Å². The fraction of sp³-hybridized carbons (Fsp3) is 0.346. The molecule has 6 nitrogen and oxygen atoms in total. The number of carbonyl (C=O) groups excluding carboxylic acids is 1. The number of fused-ring (bicyclic) bond motifs is 1. The second kappa shape index (κ2) is 8.26. The number of nitrogens with one attached hydrogen (secondary N) is 1. The topological polar surface area (TPSA) is 66.8 Å². The first-order valence-electron chi connectivity index (χ1n) is 11.3. The number of likely N-dealkylation sites (tertiary alicyclic amines) is 1. The summed E-state index contributed by atoms with van der Waals surface area (Å²) in [5.41, 5.74) is 4.14. The first kappa shape index (κ1) is 20.5. The van der Waals surface area contributed by atoms with Crippen molar-refractivity contribution in [1.82, 2.24) is 24.6 Å². The van der Waals surface area contributed by atoms with Crippen LogP contribution >= 0.6 is 0 Å². The molecule has 1 aromatic carbocycles. The van der Waals surface area contributed by atoms with Crippen molar-refractivity contribution in [2.45, 2.75) is 45.2 Å². The van der Waals surface area contributed by atoms with E-state index in [0.29, 0.717) is 12.3 Å². The molecule has 1 aliphatic rings. The zero-order valence-corrected chi connectivity index (χ0v) is 18.7. The molecule has 6 heteroatoms. The van der Waals surface area contributed by atoms with Gasteiger partial charge in [0.2, 0.25) is 5.91 Å². The van der Waals surface area contributed by atoms with Crippen LogP contribution in [0.1, 0.15) is 32.3 Å². The Balaban J connectivity index is 1.27. The van der Waals surface area contributed by atoms with E-state index in [1.54, 1.807) is 6.20 Å². The highest BCUT2D eigenvalue weighted by molar-refractivity contribution is 5.83. The number of aryl methyl sites for hydroxylation is 1. The van der Waals surface area contributed by atoms with E-state index in [4.69, 9.17) is 0 Å². The summed E-state index contributed by atoms with van der Waals surface area (Å²) >= 11 is 0. The Labute approximate surface area is 188 Å². The molecule has 0 spiro atoms. The molecule has 5 rings (SSSR count). The molecule has 164 valence electrons. The van der Waals surface area contributed by atoms with Crippen molar-refractivity contribution in [2.24, 2.45) is 5.92 Å². The Morgan fingerprint density at radius 3 is 2.81 bits per heavy atom. The van der Waals surface area contributed by atoms with Crippen LogP contribution in [0.2, 0.25) is 0 Å². The predicted octanol–water partition coefficient (Wildman–Crippen LogP) is 4.69. The number of rotatable bonds is 6. The van der Waals surface area contributed by atoms with Crippen molar-refractivity contribution in [3.63, 3.8) is 0 Å². The summed E-state index contributed by atoms with van der Waals surface area (Å²) in [6.07, 6.45) is 10.1. The number of benzene rings is 1. The average Bonchev–Trinajstić information content (AvgIpc) is 3.52. The van der Waals surface area contributed by atoms with Crippen LogP contribution in [-0.2, 0) is 17.8 Å². The third-order valence-corrected chi connectivity index (χ3v) is 6.64. The zero-order valence-electron chi connectivity index (χ0n) is 18.7. The quantitative estimate of drug-likeness (QED) is 0.486. The Bertz CT molecular complexity index is 1210. The summed E-state index contributed by atoms with van der Waals surface area (Å²) in [5.74, 6) is 0.681. The molecule has 0 aliphatic carbocycles. The number of hydrogen-bond acceptors (Lipinski definition) is 3. The maximum absolute atomic E-state index is 13.0. The SMILES string of the molecule is CC1(C)CC(Cn2ccc3cc(-c4cn[nH]c4)ncc32)CN1C(=O)CCc1ccccc1. The van der Waals surface area contributed by atoms with E-state index < -0.39 is 0 Å². The Hall–Kier alpha value is -3.41. The molecule has 1 amide bonds. The van der Waals surface area contributed by atoms with Crippen LogP contribution in [0.25, 0.3) is 22.2 Å². The molecule has 1 atom stereocenters. The highest BCUT2D eigenvalue weighted by Gasteiger charge is 2.40. The lowest BCUT2D eigenvalue weighted by Gasteiger charge is -2.31. The smallest absolute Gasteiger partial charge is 0.223 e. The Morgan fingerprint density at radius 1 is 1.19 bits per heavy atom. The van der Waals surface area contributed by atoms with E-state index in [2.05, 4.69) is 69.0 Å². The van der Waals surface area contributed by atoms with Crippen LogP contribution in [0, 0.1) is 5.92 Å². The summed E-state index contributed by atoms with van der Waals surface area (Å²) in [6.45, 7) is 6.09. The maximum atomic E-state index is 13.0. The first-order chi connectivity index (χ1) is 15.5. The van der Waals surface area contributed by atoms with Gasteiger partial charge in [-0.15, -0.1) is 0 Å². The summed E-state index contributed by atoms with van der Waals surface area (Å²) in [4.78, 5) is 19.8. The van der Waals surface area contributed by atoms with Gasteiger partial charge >= 0.3 is 0 Å². The van der Waals surface area contributed by atoms with Crippen LogP contribution < -0.4 is 0 Å². The molecule has 4 heterocycles. The summed E-state index contributed by atoms with van der Waals surface area (Å²) in [7, 11) is 0. The van der Waals surface area contributed by atoms with Gasteiger partial charge in [-0.05, 0) is 50.3 Å². The summed E-state index contributed by atoms with van der Waals surface area (Å²) in [6, 6.07) is 14.5. The van der Waals surface area contributed by atoms with Crippen molar-refractivity contribution >= 4 is 16.8 Å². The molecule has 1 aliphatic heterocycles. The fourth-order valence-corrected chi connectivity index (χ4v) is 5.05. The standard InChI is InChI=1S/C26H29N5O/c1-26(2)13-20(18-31(26)25(32)9-8-19-6-4-3-5-7-19)17-30-11-10-21-12-23(27-16-24(21)30)22-14-28-29-15-22/h3-7,10-12,14-16,20H,8-9,13,17-18H2,1-2H3,(H,28,29). The number of nitrogens with zero attached hydrogens (tertiary/aromatic N) is 4. The van der Waals surface area contributed by atoms with E-state index in [0.717, 1.165) is 42.7 Å². The number of aromatic nitrogens is 4. The van der Waals surface area contributed by atoms with Gasteiger partial charge in [-0.3, -0.25) is 14.9 Å². The minimum absolute atomic E-state index is 0.117. The van der Waals surface area contributed by atoms with Crippen LogP contribution in [0.5, 0.6) is 0 Å². The number of amides is 1. The Morgan fingerprint density at radius 2 is 2.03 bits per heavy atom. The van der Waals surface area contributed by atoms with Gasteiger partial charge in [-0.1, -0.05) is 30.3 Å². The van der Waals surface area contributed by atoms with Gasteiger partial charge in [-0.25, -0.2) is 0 Å². The van der Waals surface area contributed by atoms with Gasteiger partial charge in [0.05, 0.1) is 23.6 Å². The molecule has 1 N–H and O–H groups in total. The van der Waals surface area contributed by atoms with E-state index >= 15 is 0 Å². The molecule has 0 radical (unpaired) electrons. The molecule has 32 heavy (non-hydrogen) atoms. The fourth-order valence-electron chi connectivity index (χ4n) is 5.05. The number of H-pyrrole nitrogens is 1. The number of carbonyl (C=O) groups is 1. The molecule has 1 unspecified atom stereocenters. The minimum Gasteiger partial charge on any atom is -0.346 e. The molecule has 1 fully saturated rings. The molecule has 3 aromatic heterocycles. The van der Waals surface area contributed by atoms with Crippen molar-refractivity contribution in [2.75, 3.05) is 6.54 Å². The lowest BCUT2D eigenvalue weighted by atomic mass is 9.96. The van der Waals surface area contributed by atoms with Crippen LogP contribution in [0.3, 0.4) is 0 Å². The van der Waals surface area contributed by atoms with Crippen LogP contribution in [-0.4, -0.2) is 42.6 Å². The Kier molecular flexibility index (Phi) is 5.29. The lowest BCUT2D eigenvalue weighted by Crippen LogP contribution is -2.42. The summed E-state index contributed by atoms with van der Waals surface area (Å²) < 4.78 is 2.28.